The number of carbonyl (C=O) groups is 8. The van der Waals surface area contributed by atoms with Crippen molar-refractivity contribution >= 4 is 99.0 Å². The first-order chi connectivity index (χ1) is 29.2. The highest BCUT2D eigenvalue weighted by molar-refractivity contribution is 8.01. The number of nitrogens with one attached hydrogen (secondary N) is 3. The maximum atomic E-state index is 13.7. The number of carboxylic acid groups (broad SMARTS) is 2. The first-order valence-electron chi connectivity index (χ1n) is 17.6. The fourth-order valence-electron chi connectivity index (χ4n) is 5.57. The summed E-state index contributed by atoms with van der Waals surface area (Å²) in [7, 11) is 0. The van der Waals surface area contributed by atoms with Crippen molar-refractivity contribution in [3.8, 4) is 11.5 Å². The number of aromatic nitrogens is 5. The first-order valence-corrected chi connectivity index (χ1v) is 20.6. The Balaban J connectivity index is 1.13. The average molecular weight is 912 g/mol. The second-order valence-electron chi connectivity index (χ2n) is 13.5. The second kappa shape index (κ2) is 17.8. The van der Waals surface area contributed by atoms with Crippen molar-refractivity contribution in [3.63, 3.8) is 0 Å². The van der Waals surface area contributed by atoms with E-state index in [0.29, 0.717) is 16.3 Å². The van der Waals surface area contributed by atoms with Gasteiger partial charge in [-0.05, 0) is 50.6 Å². The molecule has 0 radical (unpaired) electrons. The van der Waals surface area contributed by atoms with Gasteiger partial charge in [-0.25, -0.2) is 19.6 Å². The Labute approximate surface area is 360 Å². The number of hydrogen-bond acceptors (Lipinski definition) is 20. The van der Waals surface area contributed by atoms with E-state index >= 15 is 0 Å². The number of thiazole rings is 1. The fourth-order valence-corrected chi connectivity index (χ4v) is 8.66. The number of β-lactam (4-membered cyclic amide) rings is 1. The van der Waals surface area contributed by atoms with Crippen molar-refractivity contribution in [2.75, 3.05) is 17.2 Å². The predicted octanol–water partition coefficient (Wildman–Crippen LogP) is 0.512. The molecular weight excluding hydrogens is 879 g/mol. The van der Waals surface area contributed by atoms with E-state index in [0.717, 1.165) is 47.9 Å². The lowest BCUT2D eigenvalue weighted by molar-refractivity contribution is -0.150. The number of nitrogen functional groups attached to an aromatic ring is 1. The van der Waals surface area contributed by atoms with Gasteiger partial charge in [0.2, 0.25) is 5.60 Å². The molecule has 0 saturated carbocycles. The molecule has 1 saturated heterocycles. The maximum Gasteiger partial charge on any atom is 0.375 e. The maximum absolute atomic E-state index is 13.7. The van der Waals surface area contributed by atoms with Crippen molar-refractivity contribution in [3.05, 3.63) is 63.7 Å². The lowest BCUT2D eigenvalue weighted by Gasteiger charge is -2.49. The molecule has 2 aliphatic rings. The van der Waals surface area contributed by atoms with Crippen LogP contribution in [0.1, 0.15) is 60.1 Å². The molecule has 2 aliphatic heterocycles. The molecule has 5 heterocycles. The highest BCUT2D eigenvalue weighted by Crippen LogP contribution is 2.42. The summed E-state index contributed by atoms with van der Waals surface area (Å²) >= 11 is 3.28. The van der Waals surface area contributed by atoms with Crippen molar-refractivity contribution in [2.24, 2.45) is 5.16 Å². The Kier molecular flexibility index (Phi) is 12.8. The second-order valence-corrected chi connectivity index (χ2v) is 16.5. The van der Waals surface area contributed by atoms with Crippen LogP contribution in [0.5, 0.6) is 11.5 Å². The number of aryl methyl sites for hydroxylation is 1. The lowest BCUT2D eigenvalue weighted by Crippen LogP contribution is -2.71. The van der Waals surface area contributed by atoms with Crippen LogP contribution in [0, 0.1) is 6.92 Å². The number of anilines is 1. The van der Waals surface area contributed by atoms with Crippen LogP contribution < -0.4 is 31.4 Å². The number of fused-ring (bicyclic) bond motifs is 2. The molecule has 6 rings (SSSR count). The number of hydrogen-bond donors (Lipinski definition) is 6. The summed E-state index contributed by atoms with van der Waals surface area (Å²) in [6.07, 6.45) is 0. The third-order valence-corrected chi connectivity index (χ3v) is 11.5. The number of esters is 2. The van der Waals surface area contributed by atoms with Crippen LogP contribution in [0.2, 0.25) is 0 Å². The highest BCUT2D eigenvalue weighted by Gasteiger charge is 2.54. The minimum absolute atomic E-state index is 0.0389. The number of ether oxygens (including phenoxy) is 2. The number of nitrogens with zero attached hydrogens (tertiary/aromatic N) is 7. The molecule has 27 heteroatoms. The normalized spacial score (nSPS) is 16.2. The van der Waals surface area contributed by atoms with E-state index in [1.54, 1.807) is 13.0 Å². The number of benzene rings is 1. The van der Waals surface area contributed by atoms with Gasteiger partial charge >= 0.3 is 23.9 Å². The van der Waals surface area contributed by atoms with E-state index in [4.69, 9.17) is 20.0 Å². The van der Waals surface area contributed by atoms with Gasteiger partial charge in [0.15, 0.2) is 22.3 Å². The molecule has 324 valence electrons. The largest absolute Gasteiger partial charge is 0.477 e. The van der Waals surface area contributed by atoms with E-state index in [9.17, 15) is 48.6 Å². The van der Waals surface area contributed by atoms with Crippen LogP contribution in [0.4, 0.5) is 5.13 Å². The quantitative estimate of drug-likeness (QED) is 0.0191. The van der Waals surface area contributed by atoms with Gasteiger partial charge in [-0.15, -0.1) is 40.0 Å². The summed E-state index contributed by atoms with van der Waals surface area (Å²) < 4.78 is 11.2. The zero-order valence-electron chi connectivity index (χ0n) is 32.8. The third kappa shape index (κ3) is 9.58. The van der Waals surface area contributed by atoms with E-state index in [1.807, 2.05) is 0 Å². The Hall–Kier alpha value is -7.13. The average Bonchev–Trinajstić information content (AvgIpc) is 3.84. The van der Waals surface area contributed by atoms with Gasteiger partial charge in [0.1, 0.15) is 27.8 Å². The Morgan fingerprint density at radius 1 is 1.00 bits per heavy atom. The number of rotatable bonds is 14. The number of aliphatic carboxylic acids is 1. The van der Waals surface area contributed by atoms with E-state index in [1.165, 1.54) is 47.6 Å². The molecule has 0 bridgehead atoms. The van der Waals surface area contributed by atoms with Gasteiger partial charge in [0.25, 0.3) is 35.2 Å². The summed E-state index contributed by atoms with van der Waals surface area (Å²) in [5.74, 6) is -8.35. The van der Waals surface area contributed by atoms with Gasteiger partial charge in [-0.3, -0.25) is 44.5 Å². The predicted molar refractivity (Wildman–Crippen MR) is 216 cm³/mol. The fraction of sp³-hybridized carbons (Fsp3) is 0.286. The zero-order chi connectivity index (χ0) is 45.2. The van der Waals surface area contributed by atoms with Crippen LogP contribution in [0.25, 0.3) is 5.78 Å². The van der Waals surface area contributed by atoms with Crippen molar-refractivity contribution in [1.29, 1.82) is 0 Å². The molecule has 1 fully saturated rings. The Morgan fingerprint density at radius 3 is 2.35 bits per heavy atom. The SMILES string of the molecule is CC(=O)Oc1ccc(C(=O)NNC(=O)C(C)(C)ON=C(C(=O)NC2C(=O)N3C(C(=O)O)=C(CSc4cc(C)nc5nc(C(=O)O)nn45)CS[C@H]23)c2csc(N)n2)cc1OC(C)=O. The summed E-state index contributed by atoms with van der Waals surface area (Å²) in [5, 5.41) is 31.0. The Bertz CT molecular complexity index is 2640. The molecule has 24 nitrogen and oxygen atoms in total. The molecule has 2 atom stereocenters. The van der Waals surface area contributed by atoms with Crippen LogP contribution in [0.15, 0.2) is 51.1 Å². The summed E-state index contributed by atoms with van der Waals surface area (Å²) in [4.78, 5) is 119. The number of nitrogens with two attached hydrogens (primary N) is 1. The van der Waals surface area contributed by atoms with Crippen LogP contribution in [-0.4, -0.2) is 121 Å². The molecule has 4 aromatic rings. The van der Waals surface area contributed by atoms with E-state index < -0.39 is 76.1 Å². The molecule has 3 aromatic heterocycles. The molecule has 62 heavy (non-hydrogen) atoms. The number of amides is 4. The molecule has 7 N–H and O–H groups in total. The molecule has 0 aliphatic carbocycles. The molecule has 0 spiro atoms. The van der Waals surface area contributed by atoms with Gasteiger partial charge < -0.3 is 35.6 Å². The van der Waals surface area contributed by atoms with E-state index in [2.05, 4.69) is 41.4 Å². The van der Waals surface area contributed by atoms with Crippen LogP contribution >= 0.6 is 34.9 Å². The highest BCUT2D eigenvalue weighted by atomic mass is 32.2. The molecule has 1 unspecified atom stereocenters. The van der Waals surface area contributed by atoms with Crippen LogP contribution in [0.3, 0.4) is 0 Å². The third-order valence-electron chi connectivity index (χ3n) is 8.42. The number of oxime groups is 1. The van der Waals surface area contributed by atoms with E-state index in [-0.39, 0.29) is 50.9 Å². The van der Waals surface area contributed by atoms with Gasteiger partial charge in [-0.2, -0.15) is 9.50 Å². The Morgan fingerprint density at radius 2 is 1.71 bits per heavy atom. The standard InChI is InChI=1S/C35H33N11O13S3/c1-13-8-21(46-34(37-13)40-25(43-46)31(54)55)60-10-17-11-61-29-23(28(51)45(29)24(17)30(52)53)39-27(50)22(18-12-62-33(36)38-18)44-59-35(4,5)32(56)42-41-26(49)16-6-7-19(57-14(2)47)20(9-16)58-15(3)48/h6-9,12,23,29H,10-11H2,1-5H3,(H2,36,38)(H,39,50)(H,41,49)(H,42,56)(H,52,53)(H,54,55)/t23?,29-/m1/s1. The number of thioether (sulfide) groups is 2. The number of carbonyl (C=O) groups excluding carboxylic acids is 6. The van der Waals surface area contributed by atoms with Crippen molar-refractivity contribution in [2.45, 2.75) is 56.7 Å². The summed E-state index contributed by atoms with van der Waals surface area (Å²) in [5.41, 5.74) is 8.18. The first kappa shape index (κ1) is 44.4. The zero-order valence-corrected chi connectivity index (χ0v) is 35.2. The monoisotopic (exact) mass is 911 g/mol. The number of aromatic carboxylic acids is 1. The lowest BCUT2D eigenvalue weighted by atomic mass is 10.0. The van der Waals surface area contributed by atoms with Gasteiger partial charge in [0, 0.05) is 42.0 Å². The number of carboxylic acids is 2. The summed E-state index contributed by atoms with van der Waals surface area (Å²) in [6.45, 7) is 6.42. The molecule has 4 amide bonds. The minimum Gasteiger partial charge on any atom is -0.477 e. The van der Waals surface area contributed by atoms with Gasteiger partial charge in [0.05, 0.1) is 0 Å². The molecule has 1 aromatic carbocycles. The van der Waals surface area contributed by atoms with Crippen molar-refractivity contribution < 1.29 is 62.9 Å². The smallest absolute Gasteiger partial charge is 0.375 e. The topological polar surface area (TPSA) is 338 Å². The molecular formula is C35H33N11O13S3. The minimum atomic E-state index is -1.88. The van der Waals surface area contributed by atoms with Crippen LogP contribution in [-0.2, 0) is 33.6 Å². The summed E-state index contributed by atoms with van der Waals surface area (Å²) in [6, 6.07) is 3.96. The van der Waals surface area contributed by atoms with Crippen molar-refractivity contribution in [1.82, 2.24) is 45.6 Å². The van der Waals surface area contributed by atoms with Gasteiger partial charge in [-0.1, -0.05) is 5.16 Å². The number of hydrazine groups is 1.